The molecule has 30 heavy (non-hydrogen) atoms. The van der Waals surface area contributed by atoms with Crippen molar-refractivity contribution in [2.45, 2.75) is 51.0 Å². The molecule has 6 N–H and O–H groups in total. The molecule has 2 heterocycles. The second kappa shape index (κ2) is 8.70. The van der Waals surface area contributed by atoms with Crippen molar-refractivity contribution in [2.75, 3.05) is 13.1 Å². The Labute approximate surface area is 174 Å². The minimum atomic E-state index is -0.881. The largest absolute Gasteiger partial charge is 0.352 e. The third kappa shape index (κ3) is 4.23. The highest BCUT2D eigenvalue weighted by atomic mass is 16.5. The second-order valence-corrected chi connectivity index (χ2v) is 7.97. The second-order valence-electron chi connectivity index (χ2n) is 7.97. The molecule has 2 atom stereocenters. The van der Waals surface area contributed by atoms with Crippen molar-refractivity contribution in [3.05, 3.63) is 29.6 Å². The topological polar surface area (TPSA) is 153 Å². The van der Waals surface area contributed by atoms with Gasteiger partial charge in [0.15, 0.2) is 0 Å². The first-order chi connectivity index (χ1) is 14.3. The number of likely N-dealkylation sites (tertiary alicyclic amines) is 1. The van der Waals surface area contributed by atoms with Crippen molar-refractivity contribution >= 4 is 28.9 Å². The number of nitrogens with one attached hydrogen (secondary N) is 3. The van der Waals surface area contributed by atoms with E-state index in [1.54, 1.807) is 5.48 Å². The van der Waals surface area contributed by atoms with Crippen LogP contribution in [0.15, 0.2) is 18.2 Å². The van der Waals surface area contributed by atoms with Crippen LogP contribution in [-0.2, 0) is 15.0 Å². The number of nitrogens with two attached hydrogens (primary N) is 1. The number of aryl methyl sites for hydroxylation is 1. The summed E-state index contributed by atoms with van der Waals surface area (Å²) in [7, 11) is 0. The van der Waals surface area contributed by atoms with Gasteiger partial charge in [-0.05, 0) is 57.2 Å². The normalized spacial score (nSPS) is 19.8. The van der Waals surface area contributed by atoms with Crippen LogP contribution >= 0.6 is 0 Å². The van der Waals surface area contributed by atoms with E-state index in [4.69, 9.17) is 10.9 Å². The zero-order valence-corrected chi connectivity index (χ0v) is 17.2. The van der Waals surface area contributed by atoms with Crippen molar-refractivity contribution in [3.63, 3.8) is 0 Å². The first-order valence-electron chi connectivity index (χ1n) is 10.0. The number of rotatable bonds is 8. The van der Waals surface area contributed by atoms with Crippen molar-refractivity contribution in [1.82, 2.24) is 25.7 Å². The molecule has 1 aromatic carbocycles. The minimum Gasteiger partial charge on any atom is -0.352 e. The van der Waals surface area contributed by atoms with Crippen LogP contribution in [0.5, 0.6) is 0 Å². The van der Waals surface area contributed by atoms with Gasteiger partial charge in [0.2, 0.25) is 5.91 Å². The number of primary amides is 1. The lowest BCUT2D eigenvalue weighted by Gasteiger charge is -2.28. The van der Waals surface area contributed by atoms with E-state index < -0.39 is 23.4 Å². The summed E-state index contributed by atoms with van der Waals surface area (Å²) in [6.07, 6.45) is 2.03. The number of carbonyl (C=O) groups excluding carboxylic acids is 3. The van der Waals surface area contributed by atoms with Gasteiger partial charge in [0, 0.05) is 13.1 Å². The number of amides is 4. The summed E-state index contributed by atoms with van der Waals surface area (Å²) in [5.41, 5.74) is 8.57. The summed E-state index contributed by atoms with van der Waals surface area (Å²) in [6.45, 7) is 4.57. The number of hydrogen-bond donors (Lipinski definition) is 5. The number of aromatic amines is 1. The number of urea groups is 1. The lowest BCUT2D eigenvalue weighted by molar-refractivity contribution is -0.144. The molecule has 0 aliphatic carbocycles. The van der Waals surface area contributed by atoms with E-state index in [9.17, 15) is 14.4 Å². The molecular formula is C20H28N6O4. The predicted octanol–water partition coefficient (Wildman–Crippen LogP) is 1.07. The molecule has 0 saturated carbocycles. The number of carbonyl (C=O) groups is 3. The van der Waals surface area contributed by atoms with E-state index in [2.05, 4.69) is 15.3 Å². The van der Waals surface area contributed by atoms with Gasteiger partial charge in [-0.15, -0.1) is 0 Å². The fourth-order valence-corrected chi connectivity index (χ4v) is 3.95. The van der Waals surface area contributed by atoms with Crippen LogP contribution in [0.3, 0.4) is 0 Å². The molecule has 162 valence electrons. The van der Waals surface area contributed by atoms with Crippen LogP contribution in [-0.4, -0.2) is 57.1 Å². The number of nitrogens with zero attached hydrogens (tertiary/aromatic N) is 2. The van der Waals surface area contributed by atoms with Crippen LogP contribution in [0, 0.1) is 6.92 Å². The van der Waals surface area contributed by atoms with Gasteiger partial charge in [0.25, 0.3) is 5.91 Å². The number of hydroxylamine groups is 1. The third-order valence-corrected chi connectivity index (χ3v) is 5.74. The van der Waals surface area contributed by atoms with E-state index in [0.29, 0.717) is 44.6 Å². The molecule has 10 nitrogen and oxygen atoms in total. The van der Waals surface area contributed by atoms with Gasteiger partial charge in [0.1, 0.15) is 17.3 Å². The summed E-state index contributed by atoms with van der Waals surface area (Å²) < 4.78 is 0. The smallest absolute Gasteiger partial charge is 0.312 e. The molecule has 1 aliphatic heterocycles. The van der Waals surface area contributed by atoms with Crippen molar-refractivity contribution in [1.29, 1.82) is 0 Å². The highest BCUT2D eigenvalue weighted by Gasteiger charge is 2.49. The van der Waals surface area contributed by atoms with Gasteiger partial charge < -0.3 is 20.9 Å². The molecule has 4 amide bonds. The molecule has 3 rings (SSSR count). The first-order valence-corrected chi connectivity index (χ1v) is 10.0. The van der Waals surface area contributed by atoms with E-state index in [-0.39, 0.29) is 5.91 Å². The van der Waals surface area contributed by atoms with Gasteiger partial charge in [-0.1, -0.05) is 6.07 Å². The highest BCUT2D eigenvalue weighted by Crippen LogP contribution is 2.36. The average Bonchev–Trinajstić information content (AvgIpc) is 3.26. The maximum Gasteiger partial charge on any atom is 0.312 e. The summed E-state index contributed by atoms with van der Waals surface area (Å²) in [5, 5.41) is 11.7. The van der Waals surface area contributed by atoms with Crippen LogP contribution in [0.2, 0.25) is 0 Å². The predicted molar refractivity (Wildman–Crippen MR) is 110 cm³/mol. The van der Waals surface area contributed by atoms with Gasteiger partial charge in [-0.2, -0.15) is 0 Å². The quantitative estimate of drug-likeness (QED) is 0.247. The van der Waals surface area contributed by atoms with Gasteiger partial charge in [-0.25, -0.2) is 15.3 Å². The summed E-state index contributed by atoms with van der Waals surface area (Å²) >= 11 is 0. The highest BCUT2D eigenvalue weighted by molar-refractivity contribution is 5.94. The van der Waals surface area contributed by atoms with Crippen molar-refractivity contribution < 1.29 is 19.6 Å². The summed E-state index contributed by atoms with van der Waals surface area (Å²) in [6, 6.07) is 4.45. The lowest BCUT2D eigenvalue weighted by Crippen LogP contribution is -2.49. The molecule has 10 heteroatoms. The molecule has 1 aliphatic rings. The number of hydrogen-bond acceptors (Lipinski definition) is 5. The first kappa shape index (κ1) is 21.6. The molecule has 1 unspecified atom stereocenters. The van der Waals surface area contributed by atoms with Crippen molar-refractivity contribution in [3.8, 4) is 0 Å². The number of fused-ring (bicyclic) bond motifs is 1. The van der Waals surface area contributed by atoms with E-state index in [1.165, 1.54) is 4.90 Å². The number of aromatic nitrogens is 2. The SMILES string of the molecule is Cc1ccc2nc(C3(C)CCN([C@H](CCCCNC(N)=O)C(=O)NO)C3=O)[nH]c2c1. The monoisotopic (exact) mass is 416 g/mol. The Bertz CT molecular complexity index is 958. The molecule has 0 bridgehead atoms. The lowest BCUT2D eigenvalue weighted by atomic mass is 9.88. The number of H-pyrrole nitrogens is 1. The van der Waals surface area contributed by atoms with Gasteiger partial charge in [0.05, 0.1) is 11.0 Å². The molecule has 2 aromatic rings. The Morgan fingerprint density at radius 3 is 2.87 bits per heavy atom. The van der Waals surface area contributed by atoms with Crippen molar-refractivity contribution in [2.24, 2.45) is 5.73 Å². The van der Waals surface area contributed by atoms with E-state index >= 15 is 0 Å². The van der Waals surface area contributed by atoms with E-state index in [0.717, 1.165) is 16.6 Å². The maximum absolute atomic E-state index is 13.3. The fraction of sp³-hybridized carbons (Fsp3) is 0.500. The molecule has 1 aromatic heterocycles. The molecule has 1 saturated heterocycles. The molecule has 1 fully saturated rings. The summed E-state index contributed by atoms with van der Waals surface area (Å²) in [4.78, 5) is 45.7. The van der Waals surface area contributed by atoms with Gasteiger partial charge >= 0.3 is 6.03 Å². The zero-order chi connectivity index (χ0) is 21.9. The average molecular weight is 416 g/mol. The Kier molecular flexibility index (Phi) is 6.25. The number of benzene rings is 1. The third-order valence-electron chi connectivity index (χ3n) is 5.74. The molecular weight excluding hydrogens is 388 g/mol. The van der Waals surface area contributed by atoms with Gasteiger partial charge in [-0.3, -0.25) is 14.8 Å². The Balaban J connectivity index is 1.75. The zero-order valence-electron chi connectivity index (χ0n) is 17.2. The fourth-order valence-electron chi connectivity index (χ4n) is 3.95. The molecule has 0 spiro atoms. The number of imidazole rings is 1. The summed E-state index contributed by atoms with van der Waals surface area (Å²) in [5.74, 6) is -0.262. The molecule has 0 radical (unpaired) electrons. The standard InChI is InChI=1S/C20H28N6O4/c1-12-6-7-13-14(11-12)24-17(23-13)20(2)8-10-26(18(20)28)15(16(27)25-30)5-3-4-9-22-19(21)29/h6-7,11,15,30H,3-5,8-10H2,1-2H3,(H,23,24)(H,25,27)(H3,21,22,29)/t15-,20?/m1/s1. The van der Waals surface area contributed by atoms with Crippen LogP contribution in [0.1, 0.15) is 44.0 Å². The van der Waals surface area contributed by atoms with Crippen LogP contribution < -0.4 is 16.5 Å². The Morgan fingerprint density at radius 1 is 1.40 bits per heavy atom. The Morgan fingerprint density at radius 2 is 2.17 bits per heavy atom. The number of unbranched alkanes of at least 4 members (excludes halogenated alkanes) is 1. The Hall–Kier alpha value is -3.14. The maximum atomic E-state index is 13.3. The van der Waals surface area contributed by atoms with E-state index in [1.807, 2.05) is 32.0 Å². The minimum absolute atomic E-state index is 0.206. The van der Waals surface area contributed by atoms with Crippen LogP contribution in [0.25, 0.3) is 11.0 Å². The van der Waals surface area contributed by atoms with Crippen LogP contribution in [0.4, 0.5) is 4.79 Å².